The topological polar surface area (TPSA) is 68.7 Å². The Morgan fingerprint density at radius 1 is 1.23 bits per heavy atom. The molecule has 3 atom stereocenters. The van der Waals surface area contributed by atoms with E-state index in [-0.39, 0.29) is 47.2 Å². The van der Waals surface area contributed by atoms with Crippen molar-refractivity contribution in [1.82, 2.24) is 4.98 Å². The molecule has 7 heteroatoms. The fourth-order valence-corrected chi connectivity index (χ4v) is 4.20. The highest BCUT2D eigenvalue weighted by Crippen LogP contribution is 2.33. The molecule has 0 fully saturated rings. The predicted octanol–water partition coefficient (Wildman–Crippen LogP) is 5.36. The first-order valence-electron chi connectivity index (χ1n) is 10.3. The average molecular weight is 448 g/mol. The maximum absolute atomic E-state index is 13.5. The number of nitrogens with zero attached hydrogens (tertiary/aromatic N) is 1. The zero-order valence-corrected chi connectivity index (χ0v) is 19.6. The van der Waals surface area contributed by atoms with Gasteiger partial charge in [-0.2, -0.15) is 0 Å². The summed E-state index contributed by atoms with van der Waals surface area (Å²) < 4.78 is 24.4. The van der Waals surface area contributed by atoms with Gasteiger partial charge in [0.1, 0.15) is 17.6 Å². The van der Waals surface area contributed by atoms with Gasteiger partial charge in [-0.3, -0.25) is 9.78 Å². The molecule has 0 spiro atoms. The lowest BCUT2D eigenvalue weighted by Gasteiger charge is -2.30. The van der Waals surface area contributed by atoms with Crippen LogP contribution in [0.2, 0.25) is 0 Å². The molecule has 0 aliphatic heterocycles. The Morgan fingerprint density at radius 3 is 2.48 bits per heavy atom. The number of halogens is 1. The summed E-state index contributed by atoms with van der Waals surface area (Å²) in [5, 5.41) is 10.2. The Labute approximate surface area is 188 Å². The van der Waals surface area contributed by atoms with Crippen LogP contribution in [0.3, 0.4) is 0 Å². The molecule has 0 aliphatic rings. The normalized spacial score (nSPS) is 14.1. The van der Waals surface area contributed by atoms with Crippen molar-refractivity contribution >= 4 is 23.1 Å². The molecule has 1 heterocycles. The number of carbonyl (C=O) groups excluding carboxylic acids is 1. The van der Waals surface area contributed by atoms with Gasteiger partial charge in [-0.25, -0.2) is 4.39 Å². The van der Waals surface area contributed by atoms with E-state index in [2.05, 4.69) is 4.98 Å². The Hall–Kier alpha value is -2.54. The van der Waals surface area contributed by atoms with E-state index in [1.54, 1.807) is 13.0 Å². The van der Waals surface area contributed by atoms with E-state index in [9.17, 15) is 14.3 Å². The van der Waals surface area contributed by atoms with E-state index in [0.717, 1.165) is 11.1 Å². The Bertz CT molecular complexity index is 947. The van der Waals surface area contributed by atoms with Crippen molar-refractivity contribution in [1.29, 1.82) is 0 Å². The highest BCUT2D eigenvalue weighted by molar-refractivity contribution is 7.80. The van der Waals surface area contributed by atoms with E-state index in [4.69, 9.17) is 21.7 Å². The number of ether oxygens (including phenoxy) is 2. The molecule has 0 saturated heterocycles. The largest absolute Gasteiger partial charge is 0.503 e. The van der Waals surface area contributed by atoms with Crippen LogP contribution >= 0.6 is 12.2 Å². The van der Waals surface area contributed by atoms with Gasteiger partial charge < -0.3 is 14.6 Å². The number of carbonyl (C=O) groups is 1. The summed E-state index contributed by atoms with van der Waals surface area (Å²) in [6, 6.07) is 6.22. The molecule has 0 aliphatic carbocycles. The van der Waals surface area contributed by atoms with Gasteiger partial charge in [-0.05, 0) is 49.4 Å². The minimum Gasteiger partial charge on any atom is -0.503 e. The molecule has 168 valence electrons. The fraction of sp³-hybridized carbons (Fsp3) is 0.458. The number of esters is 1. The first-order chi connectivity index (χ1) is 14.6. The summed E-state index contributed by atoms with van der Waals surface area (Å²) in [6.45, 7) is 9.54. The second-order valence-corrected chi connectivity index (χ2v) is 8.64. The monoisotopic (exact) mass is 447 g/mol. The van der Waals surface area contributed by atoms with E-state index in [1.807, 2.05) is 27.7 Å². The number of pyridine rings is 1. The first-order valence-corrected chi connectivity index (χ1v) is 10.7. The smallest absolute Gasteiger partial charge is 0.309 e. The third kappa shape index (κ3) is 6.00. The fourth-order valence-electron chi connectivity index (χ4n) is 3.80. The molecule has 0 saturated carbocycles. The second kappa shape index (κ2) is 10.7. The zero-order valence-electron chi connectivity index (χ0n) is 18.8. The van der Waals surface area contributed by atoms with E-state index >= 15 is 0 Å². The summed E-state index contributed by atoms with van der Waals surface area (Å²) in [5.41, 5.74) is 2.02. The Morgan fingerprint density at radius 2 is 1.90 bits per heavy atom. The molecule has 1 N–H and O–H groups in total. The third-order valence-corrected chi connectivity index (χ3v) is 5.74. The van der Waals surface area contributed by atoms with E-state index in [0.29, 0.717) is 4.86 Å². The Balaban J connectivity index is 2.11. The van der Waals surface area contributed by atoms with Gasteiger partial charge in [0, 0.05) is 23.0 Å². The number of aromatic nitrogens is 1. The number of methoxy groups -OCH3 is 1. The van der Waals surface area contributed by atoms with Crippen molar-refractivity contribution in [2.45, 2.75) is 53.1 Å². The molecule has 31 heavy (non-hydrogen) atoms. The summed E-state index contributed by atoms with van der Waals surface area (Å²) in [7, 11) is 1.44. The molecular weight excluding hydrogens is 417 g/mol. The van der Waals surface area contributed by atoms with Crippen molar-refractivity contribution in [3.63, 3.8) is 0 Å². The molecular formula is C24H30FNO4S. The number of hydrogen-bond donors (Lipinski definition) is 1. The molecule has 1 aromatic carbocycles. The van der Waals surface area contributed by atoms with Crippen LogP contribution < -0.4 is 4.74 Å². The zero-order chi connectivity index (χ0) is 23.3. The second-order valence-electron chi connectivity index (χ2n) is 8.15. The van der Waals surface area contributed by atoms with Crippen LogP contribution in [0, 0.1) is 24.6 Å². The SMILES string of the molecule is COc1ccnc(C(=S)C[C@@H](C)C(=O)O[C@@H](C)[C@H](c2ccc(F)cc2C)C(C)C)c1O. The van der Waals surface area contributed by atoms with Crippen LogP contribution in [0.1, 0.15) is 56.9 Å². The maximum atomic E-state index is 13.5. The Kier molecular flexibility index (Phi) is 8.51. The van der Waals surface area contributed by atoms with Crippen LogP contribution in [0.5, 0.6) is 11.5 Å². The number of benzene rings is 1. The summed E-state index contributed by atoms with van der Waals surface area (Å²) in [4.78, 5) is 17.2. The molecule has 0 radical (unpaired) electrons. The summed E-state index contributed by atoms with van der Waals surface area (Å²) in [6.07, 6.45) is 1.29. The highest BCUT2D eigenvalue weighted by atomic mass is 32.1. The minimum atomic E-state index is -0.524. The number of thiocarbonyl (C=S) groups is 1. The van der Waals surface area contributed by atoms with Crippen molar-refractivity contribution in [2.24, 2.45) is 11.8 Å². The van der Waals surface area contributed by atoms with Crippen LogP contribution in [0.15, 0.2) is 30.5 Å². The van der Waals surface area contributed by atoms with Gasteiger partial charge >= 0.3 is 5.97 Å². The lowest BCUT2D eigenvalue weighted by molar-refractivity contribution is -0.154. The summed E-state index contributed by atoms with van der Waals surface area (Å²) >= 11 is 5.40. The number of aromatic hydroxyl groups is 1. The van der Waals surface area contributed by atoms with E-state index in [1.165, 1.54) is 31.5 Å². The number of rotatable bonds is 9. The standard InChI is InChI=1S/C24H30FNO4S/c1-13(2)21(18-8-7-17(25)11-14(18)3)16(5)30-24(28)15(4)12-20(31)22-23(27)19(29-6)9-10-26-22/h7-11,13,15-16,21,27H,12H2,1-6H3/t15-,16+,21-/m1/s1. The van der Waals surface area contributed by atoms with Crippen LogP contribution in [0.25, 0.3) is 0 Å². The molecule has 0 unspecified atom stereocenters. The summed E-state index contributed by atoms with van der Waals surface area (Å²) in [5.74, 6) is -0.965. The molecule has 0 bridgehead atoms. The number of hydrogen-bond acceptors (Lipinski definition) is 6. The average Bonchev–Trinajstić information content (AvgIpc) is 2.69. The predicted molar refractivity (Wildman–Crippen MR) is 122 cm³/mol. The molecule has 2 aromatic rings. The lowest BCUT2D eigenvalue weighted by atomic mass is 9.82. The van der Waals surface area contributed by atoms with Gasteiger partial charge in [0.2, 0.25) is 0 Å². The van der Waals surface area contributed by atoms with E-state index < -0.39 is 12.0 Å². The van der Waals surface area contributed by atoms with Gasteiger partial charge in [-0.1, -0.05) is 39.1 Å². The van der Waals surface area contributed by atoms with Gasteiger partial charge in [0.25, 0.3) is 0 Å². The van der Waals surface area contributed by atoms with Crippen molar-refractivity contribution in [3.8, 4) is 11.5 Å². The highest BCUT2D eigenvalue weighted by Gasteiger charge is 2.29. The van der Waals surface area contributed by atoms with Gasteiger partial charge in [0.15, 0.2) is 11.5 Å². The van der Waals surface area contributed by atoms with Crippen molar-refractivity contribution < 1.29 is 23.8 Å². The van der Waals surface area contributed by atoms with Gasteiger partial charge in [-0.15, -0.1) is 0 Å². The molecule has 5 nitrogen and oxygen atoms in total. The molecule has 1 aromatic heterocycles. The van der Waals surface area contributed by atoms with Crippen molar-refractivity contribution in [2.75, 3.05) is 7.11 Å². The quantitative estimate of drug-likeness (QED) is 0.317. The van der Waals surface area contributed by atoms with Crippen molar-refractivity contribution in [3.05, 3.63) is 53.1 Å². The van der Waals surface area contributed by atoms with Crippen LogP contribution in [-0.2, 0) is 9.53 Å². The maximum Gasteiger partial charge on any atom is 0.309 e. The molecule has 2 rings (SSSR count). The van der Waals surface area contributed by atoms with Gasteiger partial charge in [0.05, 0.1) is 13.0 Å². The minimum absolute atomic E-state index is 0.0761. The number of aryl methyl sites for hydroxylation is 1. The molecule has 0 amide bonds. The van der Waals surface area contributed by atoms with Crippen LogP contribution in [-0.4, -0.2) is 34.1 Å². The lowest BCUT2D eigenvalue weighted by Crippen LogP contribution is -2.30. The third-order valence-electron chi connectivity index (χ3n) is 5.38. The first kappa shape index (κ1) is 24.7. The van der Waals surface area contributed by atoms with Crippen LogP contribution in [0.4, 0.5) is 4.39 Å².